The van der Waals surface area contributed by atoms with Crippen LogP contribution in [0.15, 0.2) is 42.5 Å². The number of anilines is 1. The number of ketones is 1. The monoisotopic (exact) mass is 383 g/mol. The fourth-order valence-corrected chi connectivity index (χ4v) is 3.47. The molecule has 0 amide bonds. The van der Waals surface area contributed by atoms with E-state index in [4.69, 9.17) is 16.3 Å². The van der Waals surface area contributed by atoms with E-state index in [1.165, 1.54) is 6.92 Å². The van der Waals surface area contributed by atoms with E-state index in [9.17, 15) is 10.1 Å². The molecule has 1 N–H and O–H groups in total. The number of rotatable bonds is 6. The van der Waals surface area contributed by atoms with Gasteiger partial charge in [-0.05, 0) is 42.8 Å². The Morgan fingerprint density at radius 3 is 2.74 bits per heavy atom. The molecule has 1 unspecified atom stereocenters. The second-order valence-corrected chi connectivity index (χ2v) is 6.96. The van der Waals surface area contributed by atoms with Gasteiger partial charge in [-0.1, -0.05) is 23.7 Å². The van der Waals surface area contributed by atoms with Crippen LogP contribution >= 0.6 is 11.6 Å². The first kappa shape index (κ1) is 19.4. The molecule has 0 spiro atoms. The van der Waals surface area contributed by atoms with Crippen LogP contribution in [0.2, 0.25) is 5.02 Å². The van der Waals surface area contributed by atoms with Gasteiger partial charge < -0.3 is 10.1 Å². The minimum atomic E-state index is -0.0258. The predicted molar refractivity (Wildman–Crippen MR) is 106 cm³/mol. The van der Waals surface area contributed by atoms with Gasteiger partial charge in [0.1, 0.15) is 6.07 Å². The Morgan fingerprint density at radius 1 is 1.30 bits per heavy atom. The molecule has 5 nitrogen and oxygen atoms in total. The molecule has 0 aliphatic carbocycles. The molecule has 0 bridgehead atoms. The van der Waals surface area contributed by atoms with Crippen LogP contribution in [-0.4, -0.2) is 43.5 Å². The van der Waals surface area contributed by atoms with Crippen molar-refractivity contribution < 1.29 is 9.53 Å². The summed E-state index contributed by atoms with van der Waals surface area (Å²) in [5.74, 6) is -0.0258. The van der Waals surface area contributed by atoms with Crippen molar-refractivity contribution in [2.75, 3.05) is 38.2 Å². The highest BCUT2D eigenvalue weighted by Gasteiger charge is 2.23. The summed E-state index contributed by atoms with van der Waals surface area (Å²) in [5.41, 5.74) is 2.89. The Hall–Kier alpha value is -2.39. The Kier molecular flexibility index (Phi) is 6.46. The summed E-state index contributed by atoms with van der Waals surface area (Å²) in [7, 11) is 0. The van der Waals surface area contributed by atoms with Gasteiger partial charge in [0, 0.05) is 30.2 Å². The van der Waals surface area contributed by atoms with E-state index in [2.05, 4.69) is 22.4 Å². The summed E-state index contributed by atoms with van der Waals surface area (Å²) < 4.78 is 5.48. The molecule has 1 aliphatic heterocycles. The van der Waals surface area contributed by atoms with Gasteiger partial charge in [-0.15, -0.1) is 0 Å². The van der Waals surface area contributed by atoms with Crippen molar-refractivity contribution >= 4 is 23.1 Å². The molecule has 1 atom stereocenters. The molecule has 1 heterocycles. The lowest BCUT2D eigenvalue weighted by Gasteiger charge is -2.35. The lowest BCUT2D eigenvalue weighted by Crippen LogP contribution is -2.41. The van der Waals surface area contributed by atoms with Crippen molar-refractivity contribution in [2.24, 2.45) is 0 Å². The second kappa shape index (κ2) is 9.01. The van der Waals surface area contributed by atoms with E-state index in [-0.39, 0.29) is 11.8 Å². The van der Waals surface area contributed by atoms with E-state index in [1.807, 2.05) is 18.2 Å². The topological polar surface area (TPSA) is 65.4 Å². The molecule has 1 fully saturated rings. The molecule has 27 heavy (non-hydrogen) atoms. The Balaban J connectivity index is 1.85. The lowest BCUT2D eigenvalue weighted by molar-refractivity contribution is 0.0187. The summed E-state index contributed by atoms with van der Waals surface area (Å²) in [6.45, 7) is 5.17. The number of Topliss-reactive ketones (excluding diaryl/α,β-unsaturated/α-hetero) is 1. The Labute approximate surface area is 164 Å². The second-order valence-electron chi connectivity index (χ2n) is 6.53. The minimum absolute atomic E-state index is 0.0258. The molecule has 0 saturated carbocycles. The van der Waals surface area contributed by atoms with Crippen molar-refractivity contribution in [3.05, 3.63) is 64.2 Å². The normalized spacial score (nSPS) is 15.7. The van der Waals surface area contributed by atoms with Crippen LogP contribution in [0.25, 0.3) is 0 Å². The summed E-state index contributed by atoms with van der Waals surface area (Å²) in [6, 6.07) is 15.2. The van der Waals surface area contributed by atoms with Gasteiger partial charge in [0.05, 0.1) is 30.5 Å². The van der Waals surface area contributed by atoms with E-state index < -0.39 is 0 Å². The van der Waals surface area contributed by atoms with Crippen molar-refractivity contribution in [1.29, 1.82) is 5.26 Å². The molecule has 3 rings (SSSR count). The number of carbonyl (C=O) groups excluding carboxylic acids is 1. The van der Waals surface area contributed by atoms with Crippen molar-refractivity contribution in [1.82, 2.24) is 4.90 Å². The highest BCUT2D eigenvalue weighted by Crippen LogP contribution is 2.26. The number of nitriles is 1. The predicted octanol–water partition coefficient (Wildman–Crippen LogP) is 3.90. The molecule has 0 aromatic heterocycles. The van der Waals surface area contributed by atoms with Gasteiger partial charge in [-0.3, -0.25) is 9.69 Å². The van der Waals surface area contributed by atoms with E-state index in [0.29, 0.717) is 41.6 Å². The summed E-state index contributed by atoms with van der Waals surface area (Å²) in [4.78, 5) is 14.0. The van der Waals surface area contributed by atoms with E-state index >= 15 is 0 Å². The van der Waals surface area contributed by atoms with Gasteiger partial charge in [0.2, 0.25) is 0 Å². The molecule has 2 aromatic carbocycles. The lowest BCUT2D eigenvalue weighted by atomic mass is 10.0. The first-order chi connectivity index (χ1) is 13.1. The van der Waals surface area contributed by atoms with Gasteiger partial charge in [0.25, 0.3) is 0 Å². The summed E-state index contributed by atoms with van der Waals surface area (Å²) >= 11 is 6.20. The fourth-order valence-electron chi connectivity index (χ4n) is 3.27. The minimum Gasteiger partial charge on any atom is -0.382 e. The van der Waals surface area contributed by atoms with Crippen molar-refractivity contribution in [3.8, 4) is 6.07 Å². The number of nitrogens with zero attached hydrogens (tertiary/aromatic N) is 2. The largest absolute Gasteiger partial charge is 0.382 e. The SMILES string of the molecule is CC(=O)c1ccc(C#N)c(NCC(c2cccc(Cl)c2)N2CCOCC2)c1. The third-order valence-electron chi connectivity index (χ3n) is 4.75. The van der Waals surface area contributed by atoms with Crippen molar-refractivity contribution in [3.63, 3.8) is 0 Å². The maximum absolute atomic E-state index is 11.7. The van der Waals surface area contributed by atoms with Gasteiger partial charge >= 0.3 is 0 Å². The van der Waals surface area contributed by atoms with Crippen LogP contribution in [0.5, 0.6) is 0 Å². The molecule has 1 saturated heterocycles. The summed E-state index contributed by atoms with van der Waals surface area (Å²) in [5, 5.41) is 13.5. The molecule has 1 aliphatic rings. The maximum atomic E-state index is 11.7. The number of morpholine rings is 1. The van der Waals surface area contributed by atoms with Crippen molar-refractivity contribution in [2.45, 2.75) is 13.0 Å². The van der Waals surface area contributed by atoms with E-state index in [0.717, 1.165) is 18.7 Å². The van der Waals surface area contributed by atoms with Gasteiger partial charge in [-0.25, -0.2) is 0 Å². The molecule has 0 radical (unpaired) electrons. The summed E-state index contributed by atoms with van der Waals surface area (Å²) in [6.07, 6.45) is 0. The number of hydrogen-bond acceptors (Lipinski definition) is 5. The third kappa shape index (κ3) is 4.86. The average molecular weight is 384 g/mol. The molecule has 2 aromatic rings. The zero-order valence-corrected chi connectivity index (χ0v) is 16.0. The third-order valence-corrected chi connectivity index (χ3v) is 4.99. The maximum Gasteiger partial charge on any atom is 0.159 e. The number of benzene rings is 2. The highest BCUT2D eigenvalue weighted by atomic mass is 35.5. The molecular formula is C21H22ClN3O2. The first-order valence-electron chi connectivity index (χ1n) is 8.94. The molecule has 6 heteroatoms. The first-order valence-corrected chi connectivity index (χ1v) is 9.32. The van der Waals surface area contributed by atoms with Gasteiger partial charge in [-0.2, -0.15) is 5.26 Å². The quantitative estimate of drug-likeness (QED) is 0.766. The average Bonchev–Trinajstić information content (AvgIpc) is 2.69. The molecule has 140 valence electrons. The van der Waals surface area contributed by atoms with Crippen LogP contribution in [0.1, 0.15) is 34.5 Å². The Bertz CT molecular complexity index is 857. The smallest absolute Gasteiger partial charge is 0.159 e. The number of ether oxygens (including phenoxy) is 1. The zero-order chi connectivity index (χ0) is 19.2. The number of halogens is 1. The van der Waals surface area contributed by atoms with Crippen LogP contribution in [0.4, 0.5) is 5.69 Å². The fraction of sp³-hybridized carbons (Fsp3) is 0.333. The van der Waals surface area contributed by atoms with Gasteiger partial charge in [0.15, 0.2) is 5.78 Å². The van der Waals surface area contributed by atoms with Crippen LogP contribution in [-0.2, 0) is 4.74 Å². The van der Waals surface area contributed by atoms with Crippen LogP contribution in [0.3, 0.4) is 0 Å². The zero-order valence-electron chi connectivity index (χ0n) is 15.2. The number of hydrogen-bond donors (Lipinski definition) is 1. The van der Waals surface area contributed by atoms with Crippen LogP contribution in [0, 0.1) is 11.3 Å². The number of carbonyl (C=O) groups is 1. The van der Waals surface area contributed by atoms with E-state index in [1.54, 1.807) is 18.2 Å². The Morgan fingerprint density at radius 2 is 2.07 bits per heavy atom. The molecular weight excluding hydrogens is 362 g/mol. The standard InChI is InChI=1S/C21H22ClN3O2/c1-15(26)16-5-6-18(13-23)20(12-16)24-14-21(25-7-9-27-10-8-25)17-3-2-4-19(22)11-17/h2-6,11-12,21,24H,7-10,14H2,1H3. The number of nitrogens with one attached hydrogen (secondary N) is 1. The van der Waals surface area contributed by atoms with Crippen LogP contribution < -0.4 is 5.32 Å². The highest BCUT2D eigenvalue weighted by molar-refractivity contribution is 6.30.